The Labute approximate surface area is 110 Å². The Bertz CT molecular complexity index is 601. The summed E-state index contributed by atoms with van der Waals surface area (Å²) in [6.45, 7) is 5.85. The minimum absolute atomic E-state index is 0.102. The summed E-state index contributed by atoms with van der Waals surface area (Å²) in [5.41, 5.74) is 1.63. The number of benzene rings is 1. The summed E-state index contributed by atoms with van der Waals surface area (Å²) in [7, 11) is 0. The molecule has 2 rings (SSSR count). The van der Waals surface area contributed by atoms with Crippen LogP contribution in [-0.2, 0) is 0 Å². The van der Waals surface area contributed by atoms with Gasteiger partial charge in [-0.25, -0.2) is 4.79 Å². The Morgan fingerprint density at radius 3 is 2.63 bits per heavy atom. The van der Waals surface area contributed by atoms with Crippen molar-refractivity contribution in [3.63, 3.8) is 0 Å². The fourth-order valence-electron chi connectivity index (χ4n) is 1.70. The van der Waals surface area contributed by atoms with Crippen LogP contribution >= 0.6 is 0 Å². The molecule has 1 heterocycles. The molecule has 0 aliphatic carbocycles. The molecule has 0 atom stereocenters. The van der Waals surface area contributed by atoms with Crippen LogP contribution in [0.15, 0.2) is 28.8 Å². The lowest BCUT2D eigenvalue weighted by Crippen LogP contribution is -2.06. The first-order chi connectivity index (χ1) is 8.97. The maximum atomic E-state index is 10.7. The summed E-state index contributed by atoms with van der Waals surface area (Å²) >= 11 is 0. The number of aromatic carboxylic acids is 1. The fourth-order valence-corrected chi connectivity index (χ4v) is 1.70. The van der Waals surface area contributed by atoms with Gasteiger partial charge in [-0.3, -0.25) is 0 Å². The molecule has 5 nitrogen and oxygen atoms in total. The molecule has 1 N–H and O–H groups in total. The summed E-state index contributed by atoms with van der Waals surface area (Å²) in [5.74, 6) is 0.125. The Kier molecular flexibility index (Phi) is 3.55. The highest BCUT2D eigenvalue weighted by atomic mass is 16.5. The molecule has 1 aromatic heterocycles. The lowest BCUT2D eigenvalue weighted by Gasteiger charge is -2.12. The number of carboxylic acids is 1. The van der Waals surface area contributed by atoms with Crippen LogP contribution in [0.4, 0.5) is 0 Å². The van der Waals surface area contributed by atoms with E-state index in [0.717, 1.165) is 16.9 Å². The van der Waals surface area contributed by atoms with Gasteiger partial charge in [-0.15, -0.1) is 0 Å². The number of carboxylic acid groups (broad SMARTS) is 1. The van der Waals surface area contributed by atoms with E-state index in [4.69, 9.17) is 14.4 Å². The number of hydrogen-bond acceptors (Lipinski definition) is 4. The van der Waals surface area contributed by atoms with E-state index in [1.165, 1.54) is 6.07 Å². The fraction of sp³-hybridized carbons (Fsp3) is 0.286. The quantitative estimate of drug-likeness (QED) is 0.915. The predicted octanol–water partition coefficient (Wildman–Crippen LogP) is 3.14. The van der Waals surface area contributed by atoms with Gasteiger partial charge in [-0.2, -0.15) is 0 Å². The topological polar surface area (TPSA) is 72.6 Å². The second kappa shape index (κ2) is 5.14. The van der Waals surface area contributed by atoms with Gasteiger partial charge < -0.3 is 14.4 Å². The number of hydrogen-bond donors (Lipinski definition) is 1. The van der Waals surface area contributed by atoms with Crippen LogP contribution in [-0.4, -0.2) is 22.3 Å². The monoisotopic (exact) mass is 261 g/mol. The van der Waals surface area contributed by atoms with Gasteiger partial charge in [-0.1, -0.05) is 5.16 Å². The van der Waals surface area contributed by atoms with Crippen molar-refractivity contribution in [1.82, 2.24) is 5.16 Å². The first-order valence-corrected chi connectivity index (χ1v) is 5.95. The standard InChI is InChI=1S/C14H15NO4/c1-8(2)18-12-5-4-10(6-9(12)3)13-7-11(14(16)17)15-19-13/h4-8H,1-3H3,(H,16,17). The third-order valence-electron chi connectivity index (χ3n) is 2.55. The molecular weight excluding hydrogens is 246 g/mol. The minimum atomic E-state index is -1.11. The number of ether oxygens (including phenoxy) is 1. The highest BCUT2D eigenvalue weighted by molar-refractivity contribution is 5.86. The first kappa shape index (κ1) is 13.1. The number of rotatable bonds is 4. The van der Waals surface area contributed by atoms with E-state index in [9.17, 15) is 4.79 Å². The highest BCUT2D eigenvalue weighted by Crippen LogP contribution is 2.27. The van der Waals surface area contributed by atoms with Crippen LogP contribution in [0, 0.1) is 6.92 Å². The maximum absolute atomic E-state index is 10.7. The molecule has 0 amide bonds. The van der Waals surface area contributed by atoms with E-state index in [-0.39, 0.29) is 11.8 Å². The van der Waals surface area contributed by atoms with E-state index in [0.29, 0.717) is 5.76 Å². The van der Waals surface area contributed by atoms with Crippen molar-refractivity contribution < 1.29 is 19.2 Å². The zero-order valence-electron chi connectivity index (χ0n) is 11.0. The van der Waals surface area contributed by atoms with Crippen molar-refractivity contribution in [2.45, 2.75) is 26.9 Å². The normalized spacial score (nSPS) is 10.7. The van der Waals surface area contributed by atoms with Crippen LogP contribution in [0.5, 0.6) is 5.75 Å². The smallest absolute Gasteiger partial charge is 0.358 e. The van der Waals surface area contributed by atoms with Crippen LogP contribution < -0.4 is 4.74 Å². The Morgan fingerprint density at radius 2 is 2.11 bits per heavy atom. The predicted molar refractivity (Wildman–Crippen MR) is 69.4 cm³/mol. The Morgan fingerprint density at radius 1 is 1.37 bits per heavy atom. The summed E-state index contributed by atoms with van der Waals surface area (Å²) in [5, 5.41) is 12.3. The van der Waals surface area contributed by atoms with E-state index < -0.39 is 5.97 Å². The Balaban J connectivity index is 2.30. The molecule has 0 spiro atoms. The molecule has 5 heteroatoms. The zero-order chi connectivity index (χ0) is 14.0. The van der Waals surface area contributed by atoms with E-state index in [2.05, 4.69) is 5.16 Å². The van der Waals surface area contributed by atoms with Gasteiger partial charge in [-0.05, 0) is 44.5 Å². The summed E-state index contributed by atoms with van der Waals surface area (Å²) in [6.07, 6.45) is 0.105. The van der Waals surface area contributed by atoms with Crippen molar-refractivity contribution >= 4 is 5.97 Å². The molecule has 0 bridgehead atoms. The molecular formula is C14H15NO4. The average Bonchev–Trinajstić information content (AvgIpc) is 2.80. The molecule has 0 aliphatic heterocycles. The van der Waals surface area contributed by atoms with Gasteiger partial charge in [0.15, 0.2) is 11.5 Å². The molecule has 2 aromatic rings. The van der Waals surface area contributed by atoms with Crippen molar-refractivity contribution in [2.24, 2.45) is 0 Å². The average molecular weight is 261 g/mol. The minimum Gasteiger partial charge on any atom is -0.491 e. The van der Waals surface area contributed by atoms with Crippen LogP contribution in [0.1, 0.15) is 29.9 Å². The summed E-state index contributed by atoms with van der Waals surface area (Å²) in [6, 6.07) is 6.94. The second-order valence-electron chi connectivity index (χ2n) is 4.53. The number of nitrogens with zero attached hydrogens (tertiary/aromatic N) is 1. The molecule has 0 fully saturated rings. The molecule has 0 aliphatic rings. The first-order valence-electron chi connectivity index (χ1n) is 5.95. The van der Waals surface area contributed by atoms with Crippen LogP contribution in [0.3, 0.4) is 0 Å². The van der Waals surface area contributed by atoms with Gasteiger partial charge in [0.25, 0.3) is 0 Å². The van der Waals surface area contributed by atoms with Crippen molar-refractivity contribution in [3.8, 4) is 17.1 Å². The third kappa shape index (κ3) is 2.93. The molecule has 1 aromatic carbocycles. The van der Waals surface area contributed by atoms with Gasteiger partial charge in [0.2, 0.25) is 0 Å². The van der Waals surface area contributed by atoms with Crippen molar-refractivity contribution in [1.29, 1.82) is 0 Å². The van der Waals surface area contributed by atoms with Gasteiger partial charge in [0.1, 0.15) is 5.75 Å². The van der Waals surface area contributed by atoms with Crippen LogP contribution in [0.25, 0.3) is 11.3 Å². The summed E-state index contributed by atoms with van der Waals surface area (Å²) < 4.78 is 10.7. The lowest BCUT2D eigenvalue weighted by atomic mass is 10.1. The van der Waals surface area contributed by atoms with E-state index in [1.54, 1.807) is 0 Å². The number of aryl methyl sites for hydroxylation is 1. The third-order valence-corrected chi connectivity index (χ3v) is 2.55. The molecule has 0 radical (unpaired) electrons. The van der Waals surface area contributed by atoms with Crippen molar-refractivity contribution in [3.05, 3.63) is 35.5 Å². The summed E-state index contributed by atoms with van der Waals surface area (Å²) in [4.78, 5) is 10.7. The van der Waals surface area contributed by atoms with Gasteiger partial charge in [0, 0.05) is 11.6 Å². The van der Waals surface area contributed by atoms with Gasteiger partial charge in [0.05, 0.1) is 6.10 Å². The second-order valence-corrected chi connectivity index (χ2v) is 4.53. The molecule has 19 heavy (non-hydrogen) atoms. The van der Waals surface area contributed by atoms with Gasteiger partial charge >= 0.3 is 5.97 Å². The highest BCUT2D eigenvalue weighted by Gasteiger charge is 2.13. The SMILES string of the molecule is Cc1cc(-c2cc(C(=O)O)no2)ccc1OC(C)C. The molecule has 0 unspecified atom stereocenters. The van der Waals surface area contributed by atoms with Crippen molar-refractivity contribution in [2.75, 3.05) is 0 Å². The lowest BCUT2D eigenvalue weighted by molar-refractivity contribution is 0.0686. The number of carbonyl (C=O) groups is 1. The van der Waals surface area contributed by atoms with E-state index >= 15 is 0 Å². The van der Waals surface area contributed by atoms with Crippen LogP contribution in [0.2, 0.25) is 0 Å². The molecule has 100 valence electrons. The number of aromatic nitrogens is 1. The largest absolute Gasteiger partial charge is 0.491 e. The maximum Gasteiger partial charge on any atom is 0.358 e. The zero-order valence-corrected chi connectivity index (χ0v) is 11.0. The molecule has 0 saturated heterocycles. The Hall–Kier alpha value is -2.30. The van der Waals surface area contributed by atoms with E-state index in [1.807, 2.05) is 39.0 Å². The molecule has 0 saturated carbocycles.